The number of hydrogen-bond donors (Lipinski definition) is 1. The van der Waals surface area contributed by atoms with Gasteiger partial charge in [-0.25, -0.2) is 4.79 Å². The molecule has 2 aromatic carbocycles. The Morgan fingerprint density at radius 2 is 1.93 bits per heavy atom. The van der Waals surface area contributed by atoms with E-state index in [1.54, 1.807) is 6.07 Å². The Bertz CT molecular complexity index is 1060. The maximum atomic E-state index is 12.1. The average Bonchev–Trinajstić information content (AvgIpc) is 2.65. The smallest absolute Gasteiger partial charge is 0.336 e. The summed E-state index contributed by atoms with van der Waals surface area (Å²) in [5.41, 5.74) is 3.11. The van der Waals surface area contributed by atoms with Gasteiger partial charge in [0.25, 0.3) is 0 Å². The number of ether oxygens (including phenoxy) is 1. The Balaban J connectivity index is 1.77. The molecular formula is C21H20Cl2NO3+. The van der Waals surface area contributed by atoms with Gasteiger partial charge in [0.1, 0.15) is 13.1 Å². The quantitative estimate of drug-likeness (QED) is 0.668. The van der Waals surface area contributed by atoms with Crippen LogP contribution in [0, 0.1) is 0 Å². The highest BCUT2D eigenvalue weighted by Gasteiger charge is 2.28. The number of nitrogens with one attached hydrogen (secondary N) is 1. The Morgan fingerprint density at radius 3 is 2.70 bits per heavy atom. The van der Waals surface area contributed by atoms with Crippen LogP contribution in [-0.2, 0) is 19.5 Å². The third-order valence-electron chi connectivity index (χ3n) is 4.89. The van der Waals surface area contributed by atoms with Crippen LogP contribution >= 0.6 is 23.2 Å². The van der Waals surface area contributed by atoms with Crippen LogP contribution in [0.2, 0.25) is 10.0 Å². The lowest BCUT2D eigenvalue weighted by Gasteiger charge is -2.27. The van der Waals surface area contributed by atoms with Gasteiger partial charge in [-0.15, -0.1) is 0 Å². The van der Waals surface area contributed by atoms with Crippen molar-refractivity contribution in [1.29, 1.82) is 0 Å². The van der Waals surface area contributed by atoms with E-state index in [0.29, 0.717) is 36.2 Å². The summed E-state index contributed by atoms with van der Waals surface area (Å²) in [7, 11) is 0. The second-order valence-electron chi connectivity index (χ2n) is 6.87. The molecule has 0 fully saturated rings. The third-order valence-corrected chi connectivity index (χ3v) is 5.54. The molecule has 1 N–H and O–H groups in total. The maximum absolute atomic E-state index is 12.1. The minimum absolute atomic E-state index is 0.339. The molecule has 1 aliphatic rings. The average molecular weight is 405 g/mol. The summed E-state index contributed by atoms with van der Waals surface area (Å²) in [4.78, 5) is 13.3. The molecule has 1 aromatic heterocycles. The Hall–Kier alpha value is -2.01. The highest BCUT2D eigenvalue weighted by Crippen LogP contribution is 2.37. The van der Waals surface area contributed by atoms with E-state index >= 15 is 0 Å². The van der Waals surface area contributed by atoms with Gasteiger partial charge in [0.2, 0.25) is 6.73 Å². The Morgan fingerprint density at radius 1 is 1.11 bits per heavy atom. The standard InChI is InChI=1S/C21H19Cl2NO3/c1-2-5-13-8-19(25)27-20-15(13)9-18(23)21-16(20)11-24(12-26-21)10-14-6-3-4-7-17(14)22/h3-4,6-9H,2,5,10-12H2,1H3/p+1. The molecule has 1 aliphatic heterocycles. The van der Waals surface area contributed by atoms with Crippen molar-refractivity contribution in [3.63, 3.8) is 0 Å². The molecule has 140 valence electrons. The van der Waals surface area contributed by atoms with Crippen LogP contribution in [0.25, 0.3) is 11.0 Å². The van der Waals surface area contributed by atoms with Crippen LogP contribution in [0.5, 0.6) is 5.75 Å². The predicted octanol–water partition coefficient (Wildman–Crippen LogP) is 3.99. The lowest BCUT2D eigenvalue weighted by atomic mass is 10.0. The summed E-state index contributed by atoms with van der Waals surface area (Å²) in [6, 6.07) is 11.2. The minimum Gasteiger partial charge on any atom is -0.443 e. The summed E-state index contributed by atoms with van der Waals surface area (Å²) in [6.07, 6.45) is 1.74. The zero-order valence-corrected chi connectivity index (χ0v) is 16.5. The first-order chi connectivity index (χ1) is 13.1. The van der Waals surface area contributed by atoms with Crippen molar-refractivity contribution in [3.05, 3.63) is 73.6 Å². The number of rotatable bonds is 4. The van der Waals surface area contributed by atoms with Gasteiger partial charge >= 0.3 is 5.63 Å². The van der Waals surface area contributed by atoms with E-state index in [1.165, 1.54) is 4.90 Å². The molecule has 0 aliphatic carbocycles. The van der Waals surface area contributed by atoms with Gasteiger partial charge in [0.15, 0.2) is 11.3 Å². The topological polar surface area (TPSA) is 43.9 Å². The molecule has 2 heterocycles. The van der Waals surface area contributed by atoms with Crippen molar-refractivity contribution in [1.82, 2.24) is 0 Å². The molecule has 1 unspecified atom stereocenters. The van der Waals surface area contributed by atoms with E-state index in [0.717, 1.165) is 39.9 Å². The van der Waals surface area contributed by atoms with Gasteiger partial charge in [0, 0.05) is 22.0 Å². The molecule has 27 heavy (non-hydrogen) atoms. The third kappa shape index (κ3) is 3.57. The molecule has 0 saturated carbocycles. The highest BCUT2D eigenvalue weighted by atomic mass is 35.5. The molecule has 4 rings (SSSR count). The summed E-state index contributed by atoms with van der Waals surface area (Å²) < 4.78 is 11.5. The molecule has 0 saturated heterocycles. The van der Waals surface area contributed by atoms with E-state index in [9.17, 15) is 4.79 Å². The van der Waals surface area contributed by atoms with Crippen LogP contribution in [-0.4, -0.2) is 6.73 Å². The van der Waals surface area contributed by atoms with E-state index in [4.69, 9.17) is 32.4 Å². The van der Waals surface area contributed by atoms with Gasteiger partial charge in [0.05, 0.1) is 10.6 Å². The molecule has 0 radical (unpaired) electrons. The summed E-state index contributed by atoms with van der Waals surface area (Å²) in [5.74, 6) is 0.615. The summed E-state index contributed by atoms with van der Waals surface area (Å²) in [6.45, 7) is 3.92. The van der Waals surface area contributed by atoms with E-state index in [2.05, 4.69) is 6.92 Å². The Kier molecular flexibility index (Phi) is 5.13. The van der Waals surface area contributed by atoms with Crippen molar-refractivity contribution < 1.29 is 14.1 Å². The molecular weight excluding hydrogens is 385 g/mol. The van der Waals surface area contributed by atoms with Crippen LogP contribution in [0.15, 0.2) is 45.6 Å². The number of quaternary nitrogens is 1. The van der Waals surface area contributed by atoms with Gasteiger partial charge in [-0.3, -0.25) is 4.90 Å². The Labute approximate surface area is 167 Å². The van der Waals surface area contributed by atoms with Crippen LogP contribution in [0.1, 0.15) is 30.0 Å². The van der Waals surface area contributed by atoms with Gasteiger partial charge < -0.3 is 9.15 Å². The fraction of sp³-hybridized carbons (Fsp3) is 0.286. The van der Waals surface area contributed by atoms with Crippen LogP contribution in [0.4, 0.5) is 0 Å². The van der Waals surface area contributed by atoms with Crippen molar-refractivity contribution >= 4 is 34.2 Å². The number of benzene rings is 2. The lowest BCUT2D eigenvalue weighted by molar-refractivity contribution is -0.945. The SMILES string of the molecule is CCCc1cc(=O)oc2c3c(c(Cl)cc12)OC[NH+](Cc1ccccc1Cl)C3. The monoisotopic (exact) mass is 404 g/mol. The van der Waals surface area contributed by atoms with Crippen LogP contribution in [0.3, 0.4) is 0 Å². The van der Waals surface area contributed by atoms with Crippen molar-refractivity contribution in [3.8, 4) is 5.75 Å². The van der Waals surface area contributed by atoms with Crippen molar-refractivity contribution in [2.24, 2.45) is 0 Å². The predicted molar refractivity (Wildman–Crippen MR) is 107 cm³/mol. The fourth-order valence-corrected chi connectivity index (χ4v) is 4.15. The van der Waals surface area contributed by atoms with E-state index in [-0.39, 0.29) is 5.63 Å². The normalized spacial score (nSPS) is 16.2. The van der Waals surface area contributed by atoms with Crippen molar-refractivity contribution in [2.45, 2.75) is 32.9 Å². The largest absolute Gasteiger partial charge is 0.443 e. The second kappa shape index (κ2) is 7.55. The number of hydrogen-bond acceptors (Lipinski definition) is 3. The maximum Gasteiger partial charge on any atom is 0.336 e. The van der Waals surface area contributed by atoms with E-state index in [1.807, 2.05) is 30.3 Å². The zero-order chi connectivity index (χ0) is 19.0. The lowest BCUT2D eigenvalue weighted by Crippen LogP contribution is -3.10. The minimum atomic E-state index is -0.339. The van der Waals surface area contributed by atoms with Gasteiger partial charge in [-0.05, 0) is 24.1 Å². The highest BCUT2D eigenvalue weighted by molar-refractivity contribution is 6.33. The number of halogens is 2. The molecule has 0 spiro atoms. The van der Waals surface area contributed by atoms with Gasteiger partial charge in [-0.1, -0.05) is 54.7 Å². The summed E-state index contributed by atoms with van der Waals surface area (Å²) >= 11 is 12.8. The molecule has 3 aromatic rings. The first-order valence-electron chi connectivity index (χ1n) is 9.04. The second-order valence-corrected chi connectivity index (χ2v) is 7.68. The zero-order valence-electron chi connectivity index (χ0n) is 15.0. The van der Waals surface area contributed by atoms with Crippen molar-refractivity contribution in [2.75, 3.05) is 6.73 Å². The van der Waals surface area contributed by atoms with E-state index < -0.39 is 0 Å². The van der Waals surface area contributed by atoms with Crippen LogP contribution < -0.4 is 15.3 Å². The first-order valence-corrected chi connectivity index (χ1v) is 9.80. The fourth-order valence-electron chi connectivity index (χ4n) is 3.67. The number of fused-ring (bicyclic) bond motifs is 3. The first kappa shape index (κ1) is 18.4. The molecule has 1 atom stereocenters. The molecule has 0 bridgehead atoms. The molecule has 6 heteroatoms. The molecule has 4 nitrogen and oxygen atoms in total. The summed E-state index contributed by atoms with van der Waals surface area (Å²) in [5, 5.41) is 2.19. The van der Waals surface area contributed by atoms with Gasteiger partial charge in [-0.2, -0.15) is 0 Å². The number of aryl methyl sites for hydroxylation is 1. The molecule has 0 amide bonds.